The first-order valence-electron chi connectivity index (χ1n) is 5.61. The normalized spacial score (nSPS) is 17.3. The summed E-state index contributed by atoms with van der Waals surface area (Å²) in [7, 11) is 0. The van der Waals surface area contributed by atoms with Crippen LogP contribution in [0.4, 0.5) is 0 Å². The number of aryl methyl sites for hydroxylation is 2. The van der Waals surface area contributed by atoms with Gasteiger partial charge in [0.1, 0.15) is 0 Å². The third kappa shape index (κ3) is 1.20. The highest BCUT2D eigenvalue weighted by Crippen LogP contribution is 2.48. The van der Waals surface area contributed by atoms with Crippen LogP contribution >= 0.6 is 11.3 Å². The van der Waals surface area contributed by atoms with Crippen LogP contribution in [0.3, 0.4) is 0 Å². The van der Waals surface area contributed by atoms with Crippen LogP contribution in [0.15, 0.2) is 23.6 Å². The predicted molar refractivity (Wildman–Crippen MR) is 70.1 cm³/mol. The van der Waals surface area contributed by atoms with Gasteiger partial charge in [-0.25, -0.2) is 0 Å². The number of hydrogen-bond donors (Lipinski definition) is 1. The Balaban J connectivity index is 2.34. The highest BCUT2D eigenvalue weighted by molar-refractivity contribution is 7.13. The molecule has 1 aliphatic carbocycles. The first-order valence-corrected chi connectivity index (χ1v) is 6.49. The minimum absolute atomic E-state index is 0.414. The Morgan fingerprint density at radius 3 is 2.88 bits per heavy atom. The molecule has 0 aliphatic heterocycles. The molecule has 16 heavy (non-hydrogen) atoms. The second-order valence-electron chi connectivity index (χ2n) is 4.54. The molecule has 1 aromatic heterocycles. The molecule has 1 heterocycles. The Kier molecular flexibility index (Phi) is 2.16. The summed E-state index contributed by atoms with van der Waals surface area (Å²) in [5.41, 5.74) is 13.0. The molecule has 1 aromatic carbocycles. The highest BCUT2D eigenvalue weighted by Gasteiger charge is 2.30. The third-order valence-electron chi connectivity index (χ3n) is 3.43. The van der Waals surface area contributed by atoms with Gasteiger partial charge in [0.25, 0.3) is 0 Å². The van der Waals surface area contributed by atoms with Gasteiger partial charge in [0.15, 0.2) is 0 Å². The first-order chi connectivity index (χ1) is 7.72. The fourth-order valence-electron chi connectivity index (χ4n) is 2.84. The maximum Gasteiger partial charge on any atom is 0.0384 e. The number of thiophene rings is 1. The first kappa shape index (κ1) is 10.1. The second-order valence-corrected chi connectivity index (χ2v) is 5.45. The number of fused-ring (bicyclic) bond motifs is 3. The fraction of sp³-hybridized carbons (Fsp3) is 0.286. The maximum absolute atomic E-state index is 5.93. The van der Waals surface area contributed by atoms with E-state index in [0.717, 1.165) is 0 Å². The summed E-state index contributed by atoms with van der Waals surface area (Å²) in [6.45, 7) is 5.07. The van der Waals surface area contributed by atoms with Crippen molar-refractivity contribution in [1.29, 1.82) is 0 Å². The maximum atomic E-state index is 5.93. The van der Waals surface area contributed by atoms with Crippen LogP contribution in [0.25, 0.3) is 10.4 Å². The van der Waals surface area contributed by atoms with Crippen molar-refractivity contribution in [2.24, 2.45) is 5.73 Å². The standard InChI is InChI=1S/C14H15NS/c1-8-5-9(2)13-11(6-8)14-10(3-4-16-14)12(13)7-15/h3-6,12H,7,15H2,1-2H3. The van der Waals surface area contributed by atoms with Crippen LogP contribution in [0, 0.1) is 13.8 Å². The average molecular weight is 229 g/mol. The van der Waals surface area contributed by atoms with E-state index in [9.17, 15) is 0 Å². The molecule has 2 heteroatoms. The van der Waals surface area contributed by atoms with Crippen molar-refractivity contribution in [1.82, 2.24) is 0 Å². The Morgan fingerprint density at radius 2 is 2.12 bits per heavy atom. The van der Waals surface area contributed by atoms with Crippen molar-refractivity contribution in [2.75, 3.05) is 6.54 Å². The van der Waals surface area contributed by atoms with E-state index in [0.29, 0.717) is 12.5 Å². The van der Waals surface area contributed by atoms with Gasteiger partial charge in [-0.2, -0.15) is 0 Å². The molecule has 1 nitrogen and oxygen atoms in total. The Bertz CT molecular complexity index is 554. The lowest BCUT2D eigenvalue weighted by Crippen LogP contribution is -2.12. The number of nitrogens with two attached hydrogens (primary N) is 1. The number of rotatable bonds is 1. The molecule has 2 N–H and O–H groups in total. The molecule has 1 aliphatic rings. The summed E-state index contributed by atoms with van der Waals surface area (Å²) >= 11 is 1.84. The molecule has 0 saturated heterocycles. The van der Waals surface area contributed by atoms with Crippen LogP contribution in [0.2, 0.25) is 0 Å². The lowest BCUT2D eigenvalue weighted by atomic mass is 9.93. The zero-order chi connectivity index (χ0) is 11.3. The van der Waals surface area contributed by atoms with Gasteiger partial charge in [0.05, 0.1) is 0 Å². The lowest BCUT2D eigenvalue weighted by Gasteiger charge is -2.13. The van der Waals surface area contributed by atoms with E-state index in [2.05, 4.69) is 37.4 Å². The zero-order valence-corrected chi connectivity index (χ0v) is 10.4. The Morgan fingerprint density at radius 1 is 1.31 bits per heavy atom. The van der Waals surface area contributed by atoms with E-state index >= 15 is 0 Å². The van der Waals surface area contributed by atoms with Gasteiger partial charge >= 0.3 is 0 Å². The topological polar surface area (TPSA) is 26.0 Å². The summed E-state index contributed by atoms with van der Waals surface area (Å²) in [5, 5.41) is 2.17. The number of benzene rings is 1. The summed E-state index contributed by atoms with van der Waals surface area (Å²) in [6.07, 6.45) is 0. The summed E-state index contributed by atoms with van der Waals surface area (Å²) in [4.78, 5) is 1.43. The van der Waals surface area contributed by atoms with Crippen molar-refractivity contribution in [3.05, 3.63) is 45.8 Å². The molecule has 0 fully saturated rings. The molecule has 0 radical (unpaired) electrons. The van der Waals surface area contributed by atoms with Gasteiger partial charge in [0, 0.05) is 17.3 Å². The average Bonchev–Trinajstić information content (AvgIpc) is 2.78. The highest BCUT2D eigenvalue weighted by atomic mass is 32.1. The van der Waals surface area contributed by atoms with Crippen molar-refractivity contribution in [2.45, 2.75) is 19.8 Å². The van der Waals surface area contributed by atoms with Gasteiger partial charge in [0.2, 0.25) is 0 Å². The summed E-state index contributed by atoms with van der Waals surface area (Å²) in [6, 6.07) is 6.79. The van der Waals surface area contributed by atoms with Crippen molar-refractivity contribution < 1.29 is 0 Å². The van der Waals surface area contributed by atoms with Crippen molar-refractivity contribution >= 4 is 11.3 Å². The lowest BCUT2D eigenvalue weighted by molar-refractivity contribution is 0.835. The molecular formula is C14H15NS. The van der Waals surface area contributed by atoms with Crippen LogP contribution in [-0.4, -0.2) is 6.54 Å². The molecule has 82 valence electrons. The van der Waals surface area contributed by atoms with E-state index in [1.54, 1.807) is 0 Å². The van der Waals surface area contributed by atoms with E-state index in [1.807, 2.05) is 11.3 Å². The molecule has 0 saturated carbocycles. The molecule has 0 spiro atoms. The van der Waals surface area contributed by atoms with E-state index in [1.165, 1.54) is 32.7 Å². The van der Waals surface area contributed by atoms with Crippen molar-refractivity contribution in [3.8, 4) is 10.4 Å². The van der Waals surface area contributed by atoms with Crippen LogP contribution in [0.1, 0.15) is 28.2 Å². The van der Waals surface area contributed by atoms with Gasteiger partial charge < -0.3 is 5.73 Å². The largest absolute Gasteiger partial charge is 0.330 e. The van der Waals surface area contributed by atoms with Crippen LogP contribution in [0.5, 0.6) is 0 Å². The molecular weight excluding hydrogens is 214 g/mol. The predicted octanol–water partition coefficient (Wildman–Crippen LogP) is 3.44. The zero-order valence-electron chi connectivity index (χ0n) is 9.58. The molecule has 0 bridgehead atoms. The monoisotopic (exact) mass is 229 g/mol. The van der Waals surface area contributed by atoms with E-state index in [-0.39, 0.29) is 0 Å². The molecule has 1 atom stereocenters. The second kappa shape index (κ2) is 3.44. The van der Waals surface area contributed by atoms with Gasteiger partial charge in [-0.05, 0) is 47.5 Å². The minimum Gasteiger partial charge on any atom is -0.330 e. The summed E-state index contributed by atoms with van der Waals surface area (Å²) in [5.74, 6) is 0.414. The smallest absolute Gasteiger partial charge is 0.0384 e. The van der Waals surface area contributed by atoms with E-state index in [4.69, 9.17) is 5.73 Å². The van der Waals surface area contributed by atoms with Gasteiger partial charge in [-0.3, -0.25) is 0 Å². The van der Waals surface area contributed by atoms with E-state index < -0.39 is 0 Å². The molecule has 0 amide bonds. The third-order valence-corrected chi connectivity index (χ3v) is 4.39. The fourth-order valence-corrected chi connectivity index (χ4v) is 3.83. The molecule has 2 aromatic rings. The number of hydrogen-bond acceptors (Lipinski definition) is 2. The van der Waals surface area contributed by atoms with Crippen LogP contribution < -0.4 is 5.73 Å². The quantitative estimate of drug-likeness (QED) is 0.796. The van der Waals surface area contributed by atoms with Gasteiger partial charge in [-0.15, -0.1) is 11.3 Å². The molecule has 1 unspecified atom stereocenters. The van der Waals surface area contributed by atoms with Crippen molar-refractivity contribution in [3.63, 3.8) is 0 Å². The van der Waals surface area contributed by atoms with Gasteiger partial charge in [-0.1, -0.05) is 17.7 Å². The summed E-state index contributed by atoms with van der Waals surface area (Å²) < 4.78 is 0. The van der Waals surface area contributed by atoms with Crippen LogP contribution in [-0.2, 0) is 0 Å². The Hall–Kier alpha value is -1.12. The SMILES string of the molecule is Cc1cc(C)c2c(c1)-c1sccc1C2CN. The minimum atomic E-state index is 0.414. The molecule has 3 rings (SSSR count). The Labute approximate surface area is 99.9 Å².